The van der Waals surface area contributed by atoms with Crippen molar-refractivity contribution in [2.75, 3.05) is 13.2 Å². The number of fused-ring (bicyclic) bond motifs is 3. The van der Waals surface area contributed by atoms with Gasteiger partial charge in [0.1, 0.15) is 18.7 Å². The molecule has 5 N–H and O–H groups in total. The van der Waals surface area contributed by atoms with Crippen LogP contribution in [0.2, 0.25) is 0 Å². The molecule has 0 aliphatic heterocycles. The van der Waals surface area contributed by atoms with E-state index in [1.54, 1.807) is 0 Å². The van der Waals surface area contributed by atoms with Gasteiger partial charge in [0.2, 0.25) is 17.7 Å². The maximum absolute atomic E-state index is 13.1. The SMILES string of the molecule is CC(C)C[C@H](NC(=O)[C@H](CCCNC(=O)OCC1c2ccccc2-c2ccccc21)NC(=O)C1CCCC1)C(N)=O. The first-order valence-corrected chi connectivity index (χ1v) is 14.7. The summed E-state index contributed by atoms with van der Waals surface area (Å²) in [5.41, 5.74) is 10.1. The smallest absolute Gasteiger partial charge is 0.407 e. The molecule has 2 aromatic carbocycles. The highest BCUT2D eigenvalue weighted by Gasteiger charge is 2.31. The first-order chi connectivity index (χ1) is 19.7. The predicted molar refractivity (Wildman–Crippen MR) is 157 cm³/mol. The molecule has 2 aliphatic carbocycles. The van der Waals surface area contributed by atoms with Gasteiger partial charge in [0.05, 0.1) is 0 Å². The lowest BCUT2D eigenvalue weighted by Crippen LogP contribution is -2.54. The monoisotopic (exact) mass is 562 g/mol. The van der Waals surface area contributed by atoms with Crippen LogP contribution in [0.4, 0.5) is 4.79 Å². The summed E-state index contributed by atoms with van der Waals surface area (Å²) in [7, 11) is 0. The lowest BCUT2D eigenvalue weighted by molar-refractivity contribution is -0.133. The molecule has 1 saturated carbocycles. The fourth-order valence-corrected chi connectivity index (χ4v) is 5.88. The lowest BCUT2D eigenvalue weighted by Gasteiger charge is -2.24. The number of nitrogens with two attached hydrogens (primary N) is 1. The molecule has 220 valence electrons. The van der Waals surface area contributed by atoms with Gasteiger partial charge in [-0.25, -0.2) is 4.79 Å². The van der Waals surface area contributed by atoms with E-state index in [1.807, 2.05) is 38.1 Å². The van der Waals surface area contributed by atoms with Crippen LogP contribution in [0, 0.1) is 11.8 Å². The first-order valence-electron chi connectivity index (χ1n) is 14.7. The summed E-state index contributed by atoms with van der Waals surface area (Å²) >= 11 is 0. The van der Waals surface area contributed by atoms with Crippen molar-refractivity contribution in [3.05, 3.63) is 59.7 Å². The van der Waals surface area contributed by atoms with E-state index < -0.39 is 30.0 Å². The number of primary amides is 1. The summed E-state index contributed by atoms with van der Waals surface area (Å²) < 4.78 is 5.59. The summed E-state index contributed by atoms with van der Waals surface area (Å²) in [6, 6.07) is 14.7. The third-order valence-electron chi connectivity index (χ3n) is 8.01. The van der Waals surface area contributed by atoms with E-state index in [4.69, 9.17) is 10.5 Å². The average molecular weight is 563 g/mol. The third kappa shape index (κ3) is 7.86. The number of alkyl carbamates (subject to hydrolysis) is 1. The number of hydrogen-bond acceptors (Lipinski definition) is 5. The highest BCUT2D eigenvalue weighted by molar-refractivity contribution is 5.92. The minimum atomic E-state index is -0.832. The molecule has 2 atom stereocenters. The number of ether oxygens (including phenoxy) is 1. The van der Waals surface area contributed by atoms with Crippen LogP contribution in [-0.2, 0) is 19.1 Å². The minimum Gasteiger partial charge on any atom is -0.449 e. The van der Waals surface area contributed by atoms with Crippen molar-refractivity contribution in [3.8, 4) is 11.1 Å². The largest absolute Gasteiger partial charge is 0.449 e. The molecule has 0 saturated heterocycles. The summed E-state index contributed by atoms with van der Waals surface area (Å²) in [6.07, 6.45) is 4.21. The van der Waals surface area contributed by atoms with Crippen LogP contribution in [-0.4, -0.2) is 49.1 Å². The quantitative estimate of drug-likeness (QED) is 0.273. The van der Waals surface area contributed by atoms with Crippen LogP contribution in [0.15, 0.2) is 48.5 Å². The van der Waals surface area contributed by atoms with Crippen LogP contribution in [0.25, 0.3) is 11.1 Å². The predicted octanol–water partition coefficient (Wildman–Crippen LogP) is 4.00. The summed E-state index contributed by atoms with van der Waals surface area (Å²) in [5.74, 6) is -1.18. The average Bonchev–Trinajstić information content (AvgIpc) is 3.60. The number of nitrogens with one attached hydrogen (secondary N) is 3. The molecule has 4 rings (SSSR count). The summed E-state index contributed by atoms with van der Waals surface area (Å²) in [4.78, 5) is 50.4. The van der Waals surface area contributed by atoms with Gasteiger partial charge in [0, 0.05) is 18.4 Å². The van der Waals surface area contributed by atoms with Gasteiger partial charge in [-0.2, -0.15) is 0 Å². The molecule has 1 fully saturated rings. The van der Waals surface area contributed by atoms with Gasteiger partial charge in [-0.1, -0.05) is 75.2 Å². The van der Waals surface area contributed by atoms with E-state index in [-0.39, 0.29) is 36.8 Å². The molecule has 0 unspecified atom stereocenters. The molecule has 0 aromatic heterocycles. The zero-order valence-corrected chi connectivity index (χ0v) is 24.0. The van der Waals surface area contributed by atoms with Crippen LogP contribution < -0.4 is 21.7 Å². The highest BCUT2D eigenvalue weighted by Crippen LogP contribution is 2.44. The molecule has 9 nitrogen and oxygen atoms in total. The second kappa shape index (κ2) is 14.1. The van der Waals surface area contributed by atoms with Gasteiger partial charge in [0.25, 0.3) is 0 Å². The maximum atomic E-state index is 13.1. The first kappa shape index (κ1) is 30.1. The zero-order chi connectivity index (χ0) is 29.4. The number of benzene rings is 2. The van der Waals surface area contributed by atoms with Crippen molar-refractivity contribution in [2.45, 2.75) is 76.8 Å². The van der Waals surface area contributed by atoms with Crippen molar-refractivity contribution in [2.24, 2.45) is 17.6 Å². The molecule has 4 amide bonds. The third-order valence-corrected chi connectivity index (χ3v) is 8.01. The molecular weight excluding hydrogens is 520 g/mol. The Morgan fingerprint density at radius 1 is 0.902 bits per heavy atom. The molecule has 41 heavy (non-hydrogen) atoms. The molecule has 9 heteroatoms. The molecular formula is C32H42N4O5. The molecule has 0 bridgehead atoms. The fraction of sp³-hybridized carbons (Fsp3) is 0.500. The molecule has 0 heterocycles. The topological polar surface area (TPSA) is 140 Å². The lowest BCUT2D eigenvalue weighted by atomic mass is 9.98. The van der Waals surface area contributed by atoms with Gasteiger partial charge in [-0.15, -0.1) is 0 Å². The number of rotatable bonds is 13. The Morgan fingerprint density at radius 2 is 1.51 bits per heavy atom. The van der Waals surface area contributed by atoms with Gasteiger partial charge < -0.3 is 26.4 Å². The normalized spacial score (nSPS) is 16.0. The fourth-order valence-electron chi connectivity index (χ4n) is 5.88. The summed E-state index contributed by atoms with van der Waals surface area (Å²) in [5, 5.41) is 8.36. The van der Waals surface area contributed by atoms with Gasteiger partial charge in [0.15, 0.2) is 0 Å². The second-order valence-corrected chi connectivity index (χ2v) is 11.5. The van der Waals surface area contributed by atoms with Crippen LogP contribution in [0.3, 0.4) is 0 Å². The standard InChI is InChI=1S/C32H42N4O5/c1-20(2)18-28(29(33)37)36-31(39)27(35-30(38)21-10-3-4-11-21)16-9-17-34-32(40)41-19-26-24-14-7-5-12-22(24)23-13-6-8-15-25(23)26/h5-8,12-15,20-21,26-28H,3-4,9-11,16-19H2,1-2H3,(H2,33,37)(H,34,40)(H,35,38)(H,36,39)/t27-,28-/m0/s1. The van der Waals surface area contributed by atoms with Crippen LogP contribution in [0.1, 0.15) is 75.8 Å². The van der Waals surface area contributed by atoms with Gasteiger partial charge in [-0.3, -0.25) is 14.4 Å². The molecule has 0 radical (unpaired) electrons. The molecule has 2 aliphatic rings. The van der Waals surface area contributed by atoms with Crippen molar-refractivity contribution >= 4 is 23.8 Å². The number of hydrogen-bond donors (Lipinski definition) is 4. The van der Waals surface area contributed by atoms with Crippen LogP contribution in [0.5, 0.6) is 0 Å². The highest BCUT2D eigenvalue weighted by atomic mass is 16.5. The Kier molecular flexibility index (Phi) is 10.4. The van der Waals surface area contributed by atoms with Crippen molar-refractivity contribution in [1.82, 2.24) is 16.0 Å². The van der Waals surface area contributed by atoms with E-state index in [0.717, 1.165) is 47.9 Å². The van der Waals surface area contributed by atoms with Gasteiger partial charge in [-0.05, 0) is 60.3 Å². The number of amides is 4. The molecule has 2 aromatic rings. The van der Waals surface area contributed by atoms with E-state index >= 15 is 0 Å². The number of carbonyl (C=O) groups excluding carboxylic acids is 4. The van der Waals surface area contributed by atoms with Crippen LogP contribution >= 0.6 is 0 Å². The Labute approximate surface area is 242 Å². The maximum Gasteiger partial charge on any atom is 0.407 e. The number of carbonyl (C=O) groups is 4. The second-order valence-electron chi connectivity index (χ2n) is 11.5. The Balaban J connectivity index is 1.29. The van der Waals surface area contributed by atoms with E-state index in [0.29, 0.717) is 19.3 Å². The van der Waals surface area contributed by atoms with E-state index in [1.165, 1.54) is 0 Å². The molecule has 0 spiro atoms. The van der Waals surface area contributed by atoms with E-state index in [2.05, 4.69) is 40.2 Å². The Morgan fingerprint density at radius 3 is 2.10 bits per heavy atom. The van der Waals surface area contributed by atoms with Gasteiger partial charge >= 0.3 is 6.09 Å². The van der Waals surface area contributed by atoms with E-state index in [9.17, 15) is 19.2 Å². The summed E-state index contributed by atoms with van der Waals surface area (Å²) in [6.45, 7) is 4.37. The van der Waals surface area contributed by atoms with Crippen molar-refractivity contribution in [3.63, 3.8) is 0 Å². The Hall–Kier alpha value is -3.88. The Bertz CT molecular complexity index is 1190. The van der Waals surface area contributed by atoms with Crippen molar-refractivity contribution in [1.29, 1.82) is 0 Å². The minimum absolute atomic E-state index is 0.0314. The van der Waals surface area contributed by atoms with Crippen molar-refractivity contribution < 1.29 is 23.9 Å². The zero-order valence-electron chi connectivity index (χ0n) is 24.0.